The first-order valence-corrected chi connectivity index (χ1v) is 10.4. The topological polar surface area (TPSA) is 66.4 Å². The molecule has 28 heavy (non-hydrogen) atoms. The Bertz CT molecular complexity index is 657. The minimum absolute atomic E-state index is 0.0489. The molecule has 0 radical (unpaired) electrons. The summed E-state index contributed by atoms with van der Waals surface area (Å²) < 4.78 is 0. The Hall–Kier alpha value is -1.84. The number of carboxylic acids is 1. The summed E-state index contributed by atoms with van der Waals surface area (Å²) in [6, 6.07) is 8.54. The first-order valence-electron chi connectivity index (χ1n) is 10.4. The largest absolute Gasteiger partial charge is 0.481 e. The van der Waals surface area contributed by atoms with Crippen molar-refractivity contribution >= 4 is 11.9 Å². The summed E-state index contributed by atoms with van der Waals surface area (Å²) in [5, 5.41) is 12.9. The maximum absolute atomic E-state index is 12.5. The average Bonchev–Trinajstić information content (AvgIpc) is 2.58. The molecule has 0 bridgehead atoms. The van der Waals surface area contributed by atoms with Crippen LogP contribution in [-0.2, 0) is 15.0 Å². The molecule has 0 spiro atoms. The van der Waals surface area contributed by atoms with Crippen LogP contribution in [0.3, 0.4) is 0 Å². The number of hydrogen-bond acceptors (Lipinski definition) is 2. The van der Waals surface area contributed by atoms with Gasteiger partial charge in [-0.05, 0) is 62.5 Å². The Morgan fingerprint density at radius 3 is 1.93 bits per heavy atom. The molecule has 0 aliphatic heterocycles. The Kier molecular flexibility index (Phi) is 8.28. The van der Waals surface area contributed by atoms with Gasteiger partial charge in [0, 0.05) is 12.0 Å². The van der Waals surface area contributed by atoms with Crippen molar-refractivity contribution in [2.45, 2.75) is 92.0 Å². The van der Waals surface area contributed by atoms with E-state index in [2.05, 4.69) is 57.3 Å². The zero-order valence-corrected chi connectivity index (χ0v) is 18.9. The van der Waals surface area contributed by atoms with Gasteiger partial charge in [-0.1, -0.05) is 58.9 Å². The van der Waals surface area contributed by atoms with Crippen LogP contribution >= 0.6 is 0 Å². The van der Waals surface area contributed by atoms with Gasteiger partial charge in [0.25, 0.3) is 0 Å². The molecule has 4 nitrogen and oxygen atoms in total. The van der Waals surface area contributed by atoms with E-state index in [0.717, 1.165) is 5.56 Å². The van der Waals surface area contributed by atoms with E-state index in [1.807, 2.05) is 20.8 Å². The molecule has 0 aliphatic rings. The Labute approximate surface area is 171 Å². The van der Waals surface area contributed by atoms with Crippen molar-refractivity contribution in [3.63, 3.8) is 0 Å². The highest BCUT2D eigenvalue weighted by molar-refractivity contribution is 5.81. The number of nitrogens with one attached hydrogen (secondary N) is 1. The Morgan fingerprint density at radius 1 is 1.00 bits per heavy atom. The molecular formula is C24H39NO3. The molecule has 0 saturated carbocycles. The first kappa shape index (κ1) is 24.2. The number of hydrogen-bond donors (Lipinski definition) is 2. The second-order valence-electron chi connectivity index (χ2n) is 9.82. The van der Waals surface area contributed by atoms with Crippen LogP contribution in [0.4, 0.5) is 0 Å². The van der Waals surface area contributed by atoms with Gasteiger partial charge < -0.3 is 10.4 Å². The van der Waals surface area contributed by atoms with Crippen molar-refractivity contribution in [1.29, 1.82) is 0 Å². The van der Waals surface area contributed by atoms with Crippen LogP contribution < -0.4 is 5.32 Å². The molecule has 0 heterocycles. The molecule has 158 valence electrons. The fraction of sp³-hybridized carbons (Fsp3) is 0.667. The minimum atomic E-state index is -0.947. The number of aliphatic carboxylic acids is 1. The Morgan fingerprint density at radius 2 is 1.54 bits per heavy atom. The van der Waals surface area contributed by atoms with Crippen LogP contribution in [0, 0.1) is 11.3 Å². The number of benzene rings is 1. The SMILES string of the molecule is CCC(CC(C)(CC(C)c1ccc(C(C)(C)C)cc1)C(=O)O)C(=O)NC(C)C. The van der Waals surface area contributed by atoms with Gasteiger partial charge in [0.15, 0.2) is 0 Å². The van der Waals surface area contributed by atoms with E-state index in [9.17, 15) is 14.7 Å². The number of rotatable bonds is 9. The molecule has 1 aromatic rings. The second-order valence-corrected chi connectivity index (χ2v) is 9.82. The molecule has 0 aromatic heterocycles. The van der Waals surface area contributed by atoms with Crippen LogP contribution in [-0.4, -0.2) is 23.0 Å². The zero-order valence-electron chi connectivity index (χ0n) is 18.9. The monoisotopic (exact) mass is 389 g/mol. The highest BCUT2D eigenvalue weighted by Gasteiger charge is 2.39. The summed E-state index contributed by atoms with van der Waals surface area (Å²) >= 11 is 0. The van der Waals surface area contributed by atoms with Crippen LogP contribution in [0.2, 0.25) is 0 Å². The average molecular weight is 390 g/mol. The maximum atomic E-state index is 12.5. The maximum Gasteiger partial charge on any atom is 0.309 e. The van der Waals surface area contributed by atoms with E-state index in [-0.39, 0.29) is 29.2 Å². The molecule has 0 aliphatic carbocycles. The van der Waals surface area contributed by atoms with Gasteiger partial charge in [0.05, 0.1) is 5.41 Å². The predicted octanol–water partition coefficient (Wildman–Crippen LogP) is 5.51. The third kappa shape index (κ3) is 6.65. The second kappa shape index (κ2) is 9.58. The lowest BCUT2D eigenvalue weighted by atomic mass is 9.72. The smallest absolute Gasteiger partial charge is 0.309 e. The highest BCUT2D eigenvalue weighted by Crippen LogP contribution is 2.38. The fourth-order valence-electron chi connectivity index (χ4n) is 3.73. The molecule has 1 aromatic carbocycles. The number of amides is 1. The summed E-state index contributed by atoms with van der Waals surface area (Å²) in [7, 11) is 0. The standard InChI is InChI=1S/C24H39NO3/c1-9-18(21(26)25-16(2)3)15-24(8,22(27)28)14-17(4)19-10-12-20(13-11-19)23(5,6)7/h10-13,16-18H,9,14-15H2,1-8H3,(H,25,26)(H,27,28). The zero-order chi connectivity index (χ0) is 21.7. The van der Waals surface area contributed by atoms with Crippen molar-refractivity contribution in [3.05, 3.63) is 35.4 Å². The summed E-state index contributed by atoms with van der Waals surface area (Å²) in [5.74, 6) is -1.08. The molecular weight excluding hydrogens is 350 g/mol. The van der Waals surface area contributed by atoms with Gasteiger partial charge in [0.2, 0.25) is 5.91 Å². The first-order chi connectivity index (χ1) is 12.8. The van der Waals surface area contributed by atoms with Crippen molar-refractivity contribution in [3.8, 4) is 0 Å². The summed E-state index contributed by atoms with van der Waals surface area (Å²) in [6.07, 6.45) is 1.49. The molecule has 1 amide bonds. The van der Waals surface area contributed by atoms with Crippen LogP contribution in [0.1, 0.15) is 91.7 Å². The van der Waals surface area contributed by atoms with Crippen LogP contribution in [0.25, 0.3) is 0 Å². The number of carbonyl (C=O) groups is 2. The van der Waals surface area contributed by atoms with Crippen molar-refractivity contribution in [2.75, 3.05) is 0 Å². The van der Waals surface area contributed by atoms with Gasteiger partial charge in [-0.2, -0.15) is 0 Å². The van der Waals surface area contributed by atoms with E-state index in [1.165, 1.54) is 5.56 Å². The molecule has 1 rings (SSSR count). The third-order valence-corrected chi connectivity index (χ3v) is 5.61. The lowest BCUT2D eigenvalue weighted by Crippen LogP contribution is -2.40. The highest BCUT2D eigenvalue weighted by atomic mass is 16.4. The molecule has 3 atom stereocenters. The Balaban J connectivity index is 2.98. The van der Waals surface area contributed by atoms with Gasteiger partial charge in [-0.3, -0.25) is 9.59 Å². The van der Waals surface area contributed by atoms with Crippen molar-refractivity contribution < 1.29 is 14.7 Å². The lowest BCUT2D eigenvalue weighted by molar-refractivity contribution is -0.150. The van der Waals surface area contributed by atoms with Gasteiger partial charge in [-0.15, -0.1) is 0 Å². The number of carbonyl (C=O) groups excluding carboxylic acids is 1. The predicted molar refractivity (Wildman–Crippen MR) is 116 cm³/mol. The normalized spacial score (nSPS) is 16.3. The quantitative estimate of drug-likeness (QED) is 0.585. The van der Waals surface area contributed by atoms with Gasteiger partial charge in [-0.25, -0.2) is 0 Å². The molecule has 2 N–H and O–H groups in total. The van der Waals surface area contributed by atoms with E-state index in [0.29, 0.717) is 19.3 Å². The molecule has 3 unspecified atom stereocenters. The van der Waals surface area contributed by atoms with Crippen LogP contribution in [0.5, 0.6) is 0 Å². The van der Waals surface area contributed by atoms with E-state index in [1.54, 1.807) is 6.92 Å². The third-order valence-electron chi connectivity index (χ3n) is 5.61. The molecule has 0 fully saturated rings. The van der Waals surface area contributed by atoms with Crippen LogP contribution in [0.15, 0.2) is 24.3 Å². The van der Waals surface area contributed by atoms with Crippen molar-refractivity contribution in [1.82, 2.24) is 5.32 Å². The molecule has 4 heteroatoms. The molecule has 0 saturated heterocycles. The summed E-state index contributed by atoms with van der Waals surface area (Å²) in [5.41, 5.74) is 1.55. The van der Waals surface area contributed by atoms with E-state index in [4.69, 9.17) is 0 Å². The summed E-state index contributed by atoms with van der Waals surface area (Å²) in [4.78, 5) is 24.6. The lowest BCUT2D eigenvalue weighted by Gasteiger charge is -2.32. The fourth-order valence-corrected chi connectivity index (χ4v) is 3.73. The van der Waals surface area contributed by atoms with Gasteiger partial charge >= 0.3 is 5.97 Å². The van der Waals surface area contributed by atoms with Gasteiger partial charge in [0.1, 0.15) is 0 Å². The van der Waals surface area contributed by atoms with E-state index < -0.39 is 11.4 Å². The van der Waals surface area contributed by atoms with Crippen molar-refractivity contribution in [2.24, 2.45) is 11.3 Å². The number of carboxylic acid groups (broad SMARTS) is 1. The summed E-state index contributed by atoms with van der Waals surface area (Å²) in [6.45, 7) is 16.2. The van der Waals surface area contributed by atoms with E-state index >= 15 is 0 Å². The minimum Gasteiger partial charge on any atom is -0.481 e.